The molecule has 1 rings (SSSR count). The molecule has 0 spiro atoms. The summed E-state index contributed by atoms with van der Waals surface area (Å²) in [6.45, 7) is 3.92. The number of hydrogen-bond donors (Lipinski definition) is 3. The van der Waals surface area contributed by atoms with Gasteiger partial charge in [-0.2, -0.15) is 5.10 Å². The van der Waals surface area contributed by atoms with Crippen molar-refractivity contribution in [3.05, 3.63) is 12.3 Å². The van der Waals surface area contributed by atoms with Gasteiger partial charge in [-0.15, -0.1) is 11.8 Å². The largest absolute Gasteiger partial charge is 0.480 e. The molecule has 7 nitrogen and oxygen atoms in total. The number of thioether (sulfide) groups is 1. The van der Waals surface area contributed by atoms with Gasteiger partial charge in [-0.25, -0.2) is 4.68 Å². The highest BCUT2D eigenvalue weighted by Gasteiger charge is 2.13. The minimum Gasteiger partial charge on any atom is -0.480 e. The summed E-state index contributed by atoms with van der Waals surface area (Å²) in [6.07, 6.45) is 1.61. The molecule has 0 aromatic carbocycles. The Hall–Kier alpha value is -1.54. The highest BCUT2D eigenvalue weighted by Crippen LogP contribution is 2.13. The normalized spacial score (nSPS) is 12.4. The van der Waals surface area contributed by atoms with E-state index in [1.807, 2.05) is 13.8 Å². The average Bonchev–Trinajstić information content (AvgIpc) is 2.76. The van der Waals surface area contributed by atoms with Crippen LogP contribution in [0, 0.1) is 0 Å². The number of anilines is 1. The number of nitrogens with zero attached hydrogens (tertiary/aromatic N) is 2. The van der Waals surface area contributed by atoms with Gasteiger partial charge in [0.25, 0.3) is 0 Å². The number of carboxylic acid groups (broad SMARTS) is 1. The molecule has 19 heavy (non-hydrogen) atoms. The van der Waals surface area contributed by atoms with E-state index in [-0.39, 0.29) is 23.5 Å². The SMILES string of the molecule is CC(C)n1nccc1NC(=O)CSC[C@@H](N)C(=O)O. The van der Waals surface area contributed by atoms with Crippen molar-refractivity contribution in [2.75, 3.05) is 16.8 Å². The van der Waals surface area contributed by atoms with Gasteiger partial charge in [0.2, 0.25) is 5.91 Å². The van der Waals surface area contributed by atoms with Gasteiger partial charge in [-0.3, -0.25) is 9.59 Å². The fraction of sp³-hybridized carbons (Fsp3) is 0.545. The topological polar surface area (TPSA) is 110 Å². The maximum atomic E-state index is 11.7. The average molecular weight is 286 g/mol. The van der Waals surface area contributed by atoms with E-state index in [1.165, 1.54) is 11.8 Å². The fourth-order valence-corrected chi connectivity index (χ4v) is 2.13. The number of carboxylic acids is 1. The van der Waals surface area contributed by atoms with Crippen LogP contribution in [0.1, 0.15) is 19.9 Å². The molecule has 0 saturated heterocycles. The first kappa shape index (κ1) is 15.5. The summed E-state index contributed by atoms with van der Waals surface area (Å²) >= 11 is 1.19. The number of aromatic nitrogens is 2. The maximum Gasteiger partial charge on any atom is 0.321 e. The number of carbonyl (C=O) groups is 2. The zero-order chi connectivity index (χ0) is 14.4. The van der Waals surface area contributed by atoms with Crippen molar-refractivity contribution in [1.29, 1.82) is 0 Å². The second kappa shape index (κ2) is 7.15. The molecule has 0 fully saturated rings. The molecule has 8 heteroatoms. The first-order chi connectivity index (χ1) is 8.91. The third-order valence-electron chi connectivity index (χ3n) is 2.27. The van der Waals surface area contributed by atoms with E-state index in [0.717, 1.165) is 0 Å². The van der Waals surface area contributed by atoms with E-state index in [4.69, 9.17) is 10.8 Å². The third-order valence-corrected chi connectivity index (χ3v) is 3.34. The number of amides is 1. The van der Waals surface area contributed by atoms with Crippen molar-refractivity contribution in [2.45, 2.75) is 25.9 Å². The summed E-state index contributed by atoms with van der Waals surface area (Å²) in [4.78, 5) is 22.2. The Morgan fingerprint density at radius 3 is 2.84 bits per heavy atom. The number of nitrogens with two attached hydrogens (primary N) is 1. The quantitative estimate of drug-likeness (QED) is 0.675. The first-order valence-corrected chi connectivity index (χ1v) is 6.96. The van der Waals surface area contributed by atoms with Crippen LogP contribution < -0.4 is 11.1 Å². The molecular formula is C11H18N4O3S. The molecule has 106 valence electrons. The van der Waals surface area contributed by atoms with E-state index in [9.17, 15) is 9.59 Å². The summed E-state index contributed by atoms with van der Waals surface area (Å²) in [6, 6.07) is 0.920. The molecule has 0 saturated carbocycles. The van der Waals surface area contributed by atoms with Crippen LogP contribution in [0.3, 0.4) is 0 Å². The minimum atomic E-state index is -1.06. The molecule has 0 radical (unpaired) electrons. The summed E-state index contributed by atoms with van der Waals surface area (Å²) in [5.41, 5.74) is 5.34. The lowest BCUT2D eigenvalue weighted by atomic mass is 10.4. The third kappa shape index (κ3) is 4.92. The lowest BCUT2D eigenvalue weighted by Gasteiger charge is -2.12. The Morgan fingerprint density at radius 2 is 2.26 bits per heavy atom. The Labute approximate surface area is 115 Å². The number of aliphatic carboxylic acids is 1. The highest BCUT2D eigenvalue weighted by molar-refractivity contribution is 8.00. The van der Waals surface area contributed by atoms with Crippen LogP contribution in [0.15, 0.2) is 12.3 Å². The van der Waals surface area contributed by atoms with E-state index >= 15 is 0 Å². The van der Waals surface area contributed by atoms with Gasteiger partial charge in [0.15, 0.2) is 0 Å². The molecular weight excluding hydrogens is 268 g/mol. The summed E-state index contributed by atoms with van der Waals surface area (Å²) in [5, 5.41) is 15.4. The maximum absolute atomic E-state index is 11.7. The van der Waals surface area contributed by atoms with Crippen LogP contribution in [-0.2, 0) is 9.59 Å². The van der Waals surface area contributed by atoms with E-state index in [2.05, 4.69) is 10.4 Å². The van der Waals surface area contributed by atoms with E-state index < -0.39 is 12.0 Å². The zero-order valence-electron chi connectivity index (χ0n) is 10.9. The van der Waals surface area contributed by atoms with Gasteiger partial charge in [0, 0.05) is 17.9 Å². The van der Waals surface area contributed by atoms with Gasteiger partial charge in [0.1, 0.15) is 11.9 Å². The zero-order valence-corrected chi connectivity index (χ0v) is 11.7. The standard InChI is InChI=1S/C11H18N4O3S/c1-7(2)15-9(3-4-13-15)14-10(16)6-19-5-8(12)11(17)18/h3-4,7-8H,5-6,12H2,1-2H3,(H,14,16)(H,17,18)/t8-/m1/s1. The van der Waals surface area contributed by atoms with Crippen LogP contribution in [0.25, 0.3) is 0 Å². The van der Waals surface area contributed by atoms with Gasteiger partial charge in [-0.05, 0) is 13.8 Å². The number of rotatable bonds is 7. The first-order valence-electron chi connectivity index (χ1n) is 5.81. The molecule has 0 unspecified atom stereocenters. The Morgan fingerprint density at radius 1 is 1.58 bits per heavy atom. The Kier molecular flexibility index (Phi) is 5.84. The van der Waals surface area contributed by atoms with Gasteiger partial charge >= 0.3 is 5.97 Å². The van der Waals surface area contributed by atoms with Crippen molar-refractivity contribution >= 4 is 29.5 Å². The predicted molar refractivity (Wildman–Crippen MR) is 74.2 cm³/mol. The molecule has 1 aromatic rings. The predicted octanol–water partition coefficient (Wildman–Crippen LogP) is 0.548. The van der Waals surface area contributed by atoms with Crippen LogP contribution in [0.4, 0.5) is 5.82 Å². The van der Waals surface area contributed by atoms with Gasteiger partial charge in [-0.1, -0.05) is 0 Å². The molecule has 1 aromatic heterocycles. The van der Waals surface area contributed by atoms with Crippen LogP contribution in [0.2, 0.25) is 0 Å². The molecule has 1 amide bonds. The van der Waals surface area contributed by atoms with Gasteiger partial charge < -0.3 is 16.2 Å². The van der Waals surface area contributed by atoms with Gasteiger partial charge in [0.05, 0.1) is 11.9 Å². The Bertz CT molecular complexity index is 447. The summed E-state index contributed by atoms with van der Waals surface area (Å²) in [7, 11) is 0. The van der Waals surface area contributed by atoms with Crippen molar-refractivity contribution < 1.29 is 14.7 Å². The molecule has 0 aliphatic carbocycles. The second-order valence-corrected chi connectivity index (χ2v) is 5.29. The molecule has 1 atom stereocenters. The molecule has 0 aliphatic rings. The minimum absolute atomic E-state index is 0.151. The van der Waals surface area contributed by atoms with Crippen LogP contribution in [-0.4, -0.2) is 44.3 Å². The van der Waals surface area contributed by atoms with E-state index in [0.29, 0.717) is 5.82 Å². The van der Waals surface area contributed by atoms with Crippen molar-refractivity contribution in [3.8, 4) is 0 Å². The summed E-state index contributed by atoms with van der Waals surface area (Å²) in [5.74, 6) is -0.282. The fourth-order valence-electron chi connectivity index (χ4n) is 1.35. The highest BCUT2D eigenvalue weighted by atomic mass is 32.2. The monoisotopic (exact) mass is 286 g/mol. The smallest absolute Gasteiger partial charge is 0.321 e. The van der Waals surface area contributed by atoms with Crippen LogP contribution >= 0.6 is 11.8 Å². The number of hydrogen-bond acceptors (Lipinski definition) is 5. The number of carbonyl (C=O) groups excluding carboxylic acids is 1. The number of nitrogens with one attached hydrogen (secondary N) is 1. The van der Waals surface area contributed by atoms with Crippen molar-refractivity contribution in [3.63, 3.8) is 0 Å². The molecule has 1 heterocycles. The Balaban J connectivity index is 2.39. The lowest BCUT2D eigenvalue weighted by molar-refractivity contribution is -0.137. The summed E-state index contributed by atoms with van der Waals surface area (Å²) < 4.78 is 1.70. The van der Waals surface area contributed by atoms with E-state index in [1.54, 1.807) is 16.9 Å². The van der Waals surface area contributed by atoms with Crippen molar-refractivity contribution in [1.82, 2.24) is 9.78 Å². The van der Waals surface area contributed by atoms with Crippen LogP contribution in [0.5, 0.6) is 0 Å². The second-order valence-electron chi connectivity index (χ2n) is 4.26. The molecule has 0 bridgehead atoms. The molecule has 0 aliphatic heterocycles. The van der Waals surface area contributed by atoms with Crippen molar-refractivity contribution in [2.24, 2.45) is 5.73 Å². The lowest BCUT2D eigenvalue weighted by Crippen LogP contribution is -2.33. The molecule has 4 N–H and O–H groups in total.